The number of thiocarbonyl (C=S) groups is 1. The van der Waals surface area contributed by atoms with Gasteiger partial charge in [-0.2, -0.15) is 13.2 Å². The fraction of sp³-hybridized carbons (Fsp3) is 0.533. The first-order valence-corrected chi connectivity index (χ1v) is 7.41. The normalized spacial score (nSPS) is 11.4. The average molecular weight is 319 g/mol. The van der Waals surface area contributed by atoms with Crippen LogP contribution >= 0.6 is 12.2 Å². The molecule has 0 bridgehead atoms. The van der Waals surface area contributed by atoms with Crippen LogP contribution in [0.3, 0.4) is 0 Å². The Morgan fingerprint density at radius 3 is 2.43 bits per heavy atom. The van der Waals surface area contributed by atoms with Gasteiger partial charge in [-0.3, -0.25) is 0 Å². The highest BCUT2D eigenvalue weighted by atomic mass is 32.1. The molecule has 21 heavy (non-hydrogen) atoms. The summed E-state index contributed by atoms with van der Waals surface area (Å²) < 4.78 is 43.5. The van der Waals surface area contributed by atoms with Crippen molar-refractivity contribution in [3.05, 3.63) is 29.3 Å². The maximum absolute atomic E-state index is 12.7. The van der Waals surface area contributed by atoms with Crippen molar-refractivity contribution in [3.8, 4) is 5.75 Å². The van der Waals surface area contributed by atoms with Crippen molar-refractivity contribution >= 4 is 17.2 Å². The third kappa shape index (κ3) is 5.91. The summed E-state index contributed by atoms with van der Waals surface area (Å²) in [6, 6.07) is 3.20. The van der Waals surface area contributed by atoms with E-state index in [1.54, 1.807) is 0 Å². The minimum Gasteiger partial charge on any atom is -0.493 e. The third-order valence-electron chi connectivity index (χ3n) is 3.08. The predicted molar refractivity (Wildman–Crippen MR) is 81.6 cm³/mol. The Balaban J connectivity index is 2.67. The van der Waals surface area contributed by atoms with Gasteiger partial charge in [-0.1, -0.05) is 44.8 Å². The summed E-state index contributed by atoms with van der Waals surface area (Å²) in [6.07, 6.45) is 0.950. The van der Waals surface area contributed by atoms with Crippen molar-refractivity contribution in [2.75, 3.05) is 6.61 Å². The summed E-state index contributed by atoms with van der Waals surface area (Å²) in [4.78, 5) is -0.0953. The second kappa shape index (κ2) is 8.22. The standard InChI is InChI=1S/C15H20F3NOS/c1-2-3-4-5-6-9-20-13-8-7-11(15(16,17)18)10-12(13)14(19)21/h7-8,10H,2-6,9H2,1H3,(H2,19,21). The molecule has 1 aromatic rings. The topological polar surface area (TPSA) is 35.2 Å². The first kappa shape index (κ1) is 17.8. The zero-order chi connectivity index (χ0) is 15.9. The molecule has 2 nitrogen and oxygen atoms in total. The van der Waals surface area contributed by atoms with Crippen LogP contribution in [-0.2, 0) is 6.18 Å². The molecule has 0 aliphatic carbocycles. The van der Waals surface area contributed by atoms with Gasteiger partial charge in [-0.05, 0) is 24.6 Å². The SMILES string of the molecule is CCCCCCCOc1ccc(C(F)(F)F)cc1C(N)=S. The molecule has 0 radical (unpaired) electrons. The number of hydrogen-bond acceptors (Lipinski definition) is 2. The van der Waals surface area contributed by atoms with Crippen LogP contribution in [0.15, 0.2) is 18.2 Å². The molecule has 0 atom stereocenters. The Hall–Kier alpha value is -1.30. The zero-order valence-corrected chi connectivity index (χ0v) is 12.8. The summed E-state index contributed by atoms with van der Waals surface area (Å²) in [6.45, 7) is 2.58. The molecule has 0 fully saturated rings. The van der Waals surface area contributed by atoms with Crippen LogP contribution in [0, 0.1) is 0 Å². The van der Waals surface area contributed by atoms with E-state index in [0.717, 1.165) is 37.8 Å². The third-order valence-corrected chi connectivity index (χ3v) is 3.30. The Bertz CT molecular complexity index is 474. The van der Waals surface area contributed by atoms with Crippen molar-refractivity contribution in [1.82, 2.24) is 0 Å². The number of ether oxygens (including phenoxy) is 1. The van der Waals surface area contributed by atoms with Crippen molar-refractivity contribution in [2.45, 2.75) is 45.2 Å². The molecule has 0 spiro atoms. The van der Waals surface area contributed by atoms with Crippen LogP contribution in [0.5, 0.6) is 5.75 Å². The smallest absolute Gasteiger partial charge is 0.416 e. The van der Waals surface area contributed by atoms with E-state index in [1.807, 2.05) is 0 Å². The molecule has 1 aromatic carbocycles. The molecular weight excluding hydrogens is 299 g/mol. The first-order chi connectivity index (χ1) is 9.86. The molecule has 0 heterocycles. The highest BCUT2D eigenvalue weighted by Gasteiger charge is 2.31. The van der Waals surface area contributed by atoms with Gasteiger partial charge in [0.25, 0.3) is 0 Å². The number of alkyl halides is 3. The van der Waals surface area contributed by atoms with Crippen molar-refractivity contribution in [1.29, 1.82) is 0 Å². The first-order valence-electron chi connectivity index (χ1n) is 7.00. The largest absolute Gasteiger partial charge is 0.493 e. The van der Waals surface area contributed by atoms with Crippen LogP contribution in [0.25, 0.3) is 0 Å². The molecule has 0 amide bonds. The number of nitrogens with two attached hydrogens (primary N) is 1. The minimum absolute atomic E-state index is 0.0953. The van der Waals surface area contributed by atoms with Gasteiger partial charge in [0.2, 0.25) is 0 Å². The fourth-order valence-corrected chi connectivity index (χ4v) is 2.07. The lowest BCUT2D eigenvalue weighted by molar-refractivity contribution is -0.137. The molecule has 0 unspecified atom stereocenters. The van der Waals surface area contributed by atoms with Crippen LogP contribution in [0.4, 0.5) is 13.2 Å². The summed E-state index contributed by atoms with van der Waals surface area (Å²) in [5.41, 5.74) is 4.84. The molecular formula is C15H20F3NOS. The van der Waals surface area contributed by atoms with Crippen LogP contribution in [0.2, 0.25) is 0 Å². The van der Waals surface area contributed by atoms with Crippen molar-refractivity contribution < 1.29 is 17.9 Å². The minimum atomic E-state index is -4.42. The fourth-order valence-electron chi connectivity index (χ4n) is 1.91. The van der Waals surface area contributed by atoms with Gasteiger partial charge >= 0.3 is 6.18 Å². The highest BCUT2D eigenvalue weighted by Crippen LogP contribution is 2.32. The molecule has 0 aliphatic rings. The molecule has 118 valence electrons. The van der Waals surface area contributed by atoms with E-state index in [-0.39, 0.29) is 10.6 Å². The summed E-state index contributed by atoms with van der Waals surface area (Å²) in [5.74, 6) is 0.311. The van der Waals surface area contributed by atoms with E-state index in [2.05, 4.69) is 6.92 Å². The lowest BCUT2D eigenvalue weighted by Gasteiger charge is -2.13. The predicted octanol–water partition coefficient (Wildman–Crippen LogP) is 4.69. The number of benzene rings is 1. The Labute approximate surface area is 128 Å². The summed E-state index contributed by atoms with van der Waals surface area (Å²) >= 11 is 4.80. The van der Waals surface area contributed by atoms with Gasteiger partial charge in [0.15, 0.2) is 0 Å². The van der Waals surface area contributed by atoms with Crippen molar-refractivity contribution in [3.63, 3.8) is 0 Å². The van der Waals surface area contributed by atoms with Gasteiger partial charge in [0.05, 0.1) is 17.7 Å². The van der Waals surface area contributed by atoms with Crippen LogP contribution in [-0.4, -0.2) is 11.6 Å². The van der Waals surface area contributed by atoms with E-state index < -0.39 is 11.7 Å². The van der Waals surface area contributed by atoms with Crippen LogP contribution in [0.1, 0.15) is 50.2 Å². The molecule has 2 N–H and O–H groups in total. The van der Waals surface area contributed by atoms with Gasteiger partial charge < -0.3 is 10.5 Å². The van der Waals surface area contributed by atoms with Gasteiger partial charge in [-0.15, -0.1) is 0 Å². The van der Waals surface area contributed by atoms with E-state index in [4.69, 9.17) is 22.7 Å². The molecule has 0 aromatic heterocycles. The highest BCUT2D eigenvalue weighted by molar-refractivity contribution is 7.80. The van der Waals surface area contributed by atoms with E-state index >= 15 is 0 Å². The maximum Gasteiger partial charge on any atom is 0.416 e. The Morgan fingerprint density at radius 2 is 1.86 bits per heavy atom. The van der Waals surface area contributed by atoms with E-state index in [0.29, 0.717) is 12.4 Å². The second-order valence-corrected chi connectivity index (χ2v) is 5.28. The van der Waals surface area contributed by atoms with E-state index in [1.165, 1.54) is 12.5 Å². The number of rotatable bonds is 8. The van der Waals surface area contributed by atoms with Gasteiger partial charge in [0.1, 0.15) is 10.7 Å². The number of hydrogen-bond donors (Lipinski definition) is 1. The summed E-state index contributed by atoms with van der Waals surface area (Å²) in [7, 11) is 0. The van der Waals surface area contributed by atoms with E-state index in [9.17, 15) is 13.2 Å². The summed E-state index contributed by atoms with van der Waals surface area (Å²) in [5, 5.41) is 0. The number of unbranched alkanes of at least 4 members (excludes halogenated alkanes) is 4. The number of halogens is 3. The van der Waals surface area contributed by atoms with Gasteiger partial charge in [0, 0.05) is 0 Å². The molecule has 0 aliphatic heterocycles. The molecule has 6 heteroatoms. The average Bonchev–Trinajstić information content (AvgIpc) is 2.41. The lowest BCUT2D eigenvalue weighted by Crippen LogP contribution is -2.14. The van der Waals surface area contributed by atoms with Crippen LogP contribution < -0.4 is 10.5 Å². The molecule has 1 rings (SSSR count). The Morgan fingerprint density at radius 1 is 1.19 bits per heavy atom. The van der Waals surface area contributed by atoms with Gasteiger partial charge in [-0.25, -0.2) is 0 Å². The van der Waals surface area contributed by atoms with Crippen molar-refractivity contribution in [2.24, 2.45) is 5.73 Å². The quantitative estimate of drug-likeness (QED) is 0.558. The Kier molecular flexibility index (Phi) is 6.95. The molecule has 0 saturated carbocycles. The lowest BCUT2D eigenvalue weighted by atomic mass is 10.1. The second-order valence-electron chi connectivity index (χ2n) is 4.84. The molecule has 0 saturated heterocycles. The zero-order valence-electron chi connectivity index (χ0n) is 12.0. The maximum atomic E-state index is 12.7. The monoisotopic (exact) mass is 319 g/mol.